The number of aryl methyl sites for hydroxylation is 1. The Morgan fingerprint density at radius 3 is 2.95 bits per heavy atom. The van der Waals surface area contributed by atoms with Crippen molar-refractivity contribution in [3.8, 4) is 0 Å². The van der Waals surface area contributed by atoms with E-state index in [0.717, 1.165) is 19.8 Å². The van der Waals surface area contributed by atoms with Crippen molar-refractivity contribution in [2.24, 2.45) is 0 Å². The van der Waals surface area contributed by atoms with Crippen LogP contribution in [0.1, 0.15) is 36.9 Å². The van der Waals surface area contributed by atoms with E-state index < -0.39 is 0 Å². The Kier molecular flexibility index (Phi) is 4.39. The molecule has 0 bridgehead atoms. The summed E-state index contributed by atoms with van der Waals surface area (Å²) >= 11 is 0. The Labute approximate surface area is 122 Å². The van der Waals surface area contributed by atoms with E-state index in [9.17, 15) is 0 Å². The molecule has 0 amide bonds. The summed E-state index contributed by atoms with van der Waals surface area (Å²) in [6.07, 6.45) is 3.76. The molecule has 1 aliphatic heterocycles. The number of likely N-dealkylation sites (N-methyl/N-ethyl adjacent to an activating group) is 1. The van der Waals surface area contributed by atoms with Crippen LogP contribution >= 0.6 is 0 Å². The third-order valence-corrected chi connectivity index (χ3v) is 4.88. The Bertz CT molecular complexity index is 448. The first kappa shape index (κ1) is 14.1. The normalized spacial score (nSPS) is 31.6. The Balaban J connectivity index is 1.90. The van der Waals surface area contributed by atoms with Crippen LogP contribution < -0.4 is 5.32 Å². The van der Waals surface area contributed by atoms with Crippen molar-refractivity contribution in [2.75, 3.05) is 26.8 Å². The number of ether oxygens (including phenoxy) is 1. The minimum atomic E-state index is 0.439. The molecule has 1 aliphatic carbocycles. The minimum absolute atomic E-state index is 0.439. The van der Waals surface area contributed by atoms with Crippen molar-refractivity contribution in [2.45, 2.75) is 44.3 Å². The lowest BCUT2D eigenvalue weighted by atomic mass is 9.94. The van der Waals surface area contributed by atoms with Crippen LogP contribution in [0, 0.1) is 0 Å². The van der Waals surface area contributed by atoms with Crippen LogP contribution in [0.3, 0.4) is 0 Å². The largest absolute Gasteiger partial charge is 0.379 e. The fourth-order valence-corrected chi connectivity index (χ4v) is 3.88. The molecule has 0 saturated carbocycles. The van der Waals surface area contributed by atoms with Crippen molar-refractivity contribution in [1.29, 1.82) is 0 Å². The van der Waals surface area contributed by atoms with Crippen LogP contribution in [-0.2, 0) is 11.2 Å². The van der Waals surface area contributed by atoms with Crippen molar-refractivity contribution in [3.63, 3.8) is 0 Å². The second-order valence-electron chi connectivity index (χ2n) is 6.09. The van der Waals surface area contributed by atoms with Gasteiger partial charge in [0.2, 0.25) is 0 Å². The van der Waals surface area contributed by atoms with E-state index in [1.54, 1.807) is 0 Å². The monoisotopic (exact) mass is 274 g/mol. The summed E-state index contributed by atoms with van der Waals surface area (Å²) in [5.41, 5.74) is 3.02. The van der Waals surface area contributed by atoms with Gasteiger partial charge in [-0.05, 0) is 44.4 Å². The van der Waals surface area contributed by atoms with Gasteiger partial charge >= 0.3 is 0 Å². The van der Waals surface area contributed by atoms with Gasteiger partial charge in [-0.15, -0.1) is 0 Å². The predicted molar refractivity (Wildman–Crippen MR) is 82.0 cm³/mol. The molecule has 0 radical (unpaired) electrons. The molecule has 1 aromatic rings. The van der Waals surface area contributed by atoms with Crippen LogP contribution in [0.2, 0.25) is 0 Å². The van der Waals surface area contributed by atoms with Gasteiger partial charge in [0.05, 0.1) is 13.2 Å². The number of nitrogens with zero attached hydrogens (tertiary/aromatic N) is 1. The zero-order valence-electron chi connectivity index (χ0n) is 12.6. The van der Waals surface area contributed by atoms with Crippen molar-refractivity contribution < 1.29 is 4.74 Å². The van der Waals surface area contributed by atoms with Gasteiger partial charge in [0.1, 0.15) is 0 Å². The molecule has 3 heteroatoms. The van der Waals surface area contributed by atoms with Gasteiger partial charge < -0.3 is 10.1 Å². The van der Waals surface area contributed by atoms with Crippen molar-refractivity contribution in [3.05, 3.63) is 35.4 Å². The molecular weight excluding hydrogens is 248 g/mol. The highest BCUT2D eigenvalue weighted by Crippen LogP contribution is 2.33. The maximum atomic E-state index is 5.61. The molecule has 3 rings (SSSR count). The first-order valence-electron chi connectivity index (χ1n) is 7.90. The van der Waals surface area contributed by atoms with Gasteiger partial charge in [0.15, 0.2) is 0 Å². The van der Waals surface area contributed by atoms with Crippen LogP contribution in [0.4, 0.5) is 0 Å². The predicted octanol–water partition coefficient (Wildman–Crippen LogP) is 2.37. The standard InChI is InChI=1S/C17H26N2O/c1-13-12-20-11-10-19(13)16-9-5-7-14-6-3-4-8-15(14)17(16)18-2/h3-4,6,8,13,16-18H,5,7,9-12H2,1-2H3. The fraction of sp³-hybridized carbons (Fsp3) is 0.647. The highest BCUT2D eigenvalue weighted by Gasteiger charge is 2.34. The molecule has 3 unspecified atom stereocenters. The lowest BCUT2D eigenvalue weighted by Gasteiger charge is -2.42. The van der Waals surface area contributed by atoms with Crippen LogP contribution in [0.15, 0.2) is 24.3 Å². The molecule has 1 saturated heterocycles. The minimum Gasteiger partial charge on any atom is -0.379 e. The highest BCUT2D eigenvalue weighted by atomic mass is 16.5. The molecular formula is C17H26N2O. The van der Waals surface area contributed by atoms with Crippen LogP contribution in [-0.4, -0.2) is 43.8 Å². The van der Waals surface area contributed by atoms with E-state index in [2.05, 4.69) is 48.5 Å². The highest BCUT2D eigenvalue weighted by molar-refractivity contribution is 5.32. The first-order chi connectivity index (χ1) is 9.81. The average Bonchev–Trinajstić information content (AvgIpc) is 2.66. The van der Waals surface area contributed by atoms with Gasteiger partial charge in [-0.25, -0.2) is 0 Å². The SMILES string of the molecule is CNC1c2ccccc2CCCC1N1CCOCC1C. The number of hydrogen-bond donors (Lipinski definition) is 1. The molecule has 1 heterocycles. The summed E-state index contributed by atoms with van der Waals surface area (Å²) in [6, 6.07) is 10.5. The summed E-state index contributed by atoms with van der Waals surface area (Å²) in [7, 11) is 2.10. The van der Waals surface area contributed by atoms with Gasteiger partial charge in [-0.3, -0.25) is 4.90 Å². The Morgan fingerprint density at radius 2 is 2.15 bits per heavy atom. The Hall–Kier alpha value is -0.900. The van der Waals surface area contributed by atoms with Gasteiger partial charge in [-0.2, -0.15) is 0 Å². The topological polar surface area (TPSA) is 24.5 Å². The molecule has 1 aromatic carbocycles. The van der Waals surface area contributed by atoms with Crippen LogP contribution in [0.5, 0.6) is 0 Å². The third kappa shape index (κ3) is 2.62. The lowest BCUT2D eigenvalue weighted by Crippen LogP contribution is -2.53. The number of rotatable bonds is 2. The second kappa shape index (κ2) is 6.25. The van der Waals surface area contributed by atoms with E-state index in [1.165, 1.54) is 30.4 Å². The van der Waals surface area contributed by atoms with Crippen molar-refractivity contribution >= 4 is 0 Å². The molecule has 0 aromatic heterocycles. The van der Waals surface area contributed by atoms with E-state index in [4.69, 9.17) is 4.74 Å². The number of fused-ring (bicyclic) bond motifs is 1. The van der Waals surface area contributed by atoms with Gasteiger partial charge in [-0.1, -0.05) is 24.3 Å². The number of nitrogens with one attached hydrogen (secondary N) is 1. The second-order valence-corrected chi connectivity index (χ2v) is 6.09. The maximum absolute atomic E-state index is 5.61. The molecule has 3 atom stereocenters. The maximum Gasteiger partial charge on any atom is 0.0619 e. The van der Waals surface area contributed by atoms with E-state index >= 15 is 0 Å². The molecule has 2 aliphatic rings. The van der Waals surface area contributed by atoms with Gasteiger partial charge in [0.25, 0.3) is 0 Å². The molecule has 3 nitrogen and oxygen atoms in total. The third-order valence-electron chi connectivity index (χ3n) is 4.88. The summed E-state index contributed by atoms with van der Waals surface area (Å²) < 4.78 is 5.61. The number of hydrogen-bond acceptors (Lipinski definition) is 3. The molecule has 20 heavy (non-hydrogen) atoms. The zero-order chi connectivity index (χ0) is 13.9. The molecule has 1 fully saturated rings. The summed E-state index contributed by atoms with van der Waals surface area (Å²) in [5, 5.41) is 3.59. The van der Waals surface area contributed by atoms with E-state index in [0.29, 0.717) is 18.1 Å². The van der Waals surface area contributed by atoms with Crippen LogP contribution in [0.25, 0.3) is 0 Å². The fourth-order valence-electron chi connectivity index (χ4n) is 3.88. The summed E-state index contributed by atoms with van der Waals surface area (Å²) in [5.74, 6) is 0. The Morgan fingerprint density at radius 1 is 1.30 bits per heavy atom. The number of morpholine rings is 1. The first-order valence-corrected chi connectivity index (χ1v) is 7.90. The molecule has 1 N–H and O–H groups in total. The average molecular weight is 274 g/mol. The summed E-state index contributed by atoms with van der Waals surface area (Å²) in [6.45, 7) is 5.10. The smallest absolute Gasteiger partial charge is 0.0619 e. The number of benzene rings is 1. The van der Waals surface area contributed by atoms with Crippen molar-refractivity contribution in [1.82, 2.24) is 10.2 Å². The molecule has 110 valence electrons. The summed E-state index contributed by atoms with van der Waals surface area (Å²) in [4.78, 5) is 2.66. The lowest BCUT2D eigenvalue weighted by molar-refractivity contribution is -0.0312. The molecule has 0 spiro atoms. The zero-order valence-corrected chi connectivity index (χ0v) is 12.6. The van der Waals surface area contributed by atoms with Gasteiger partial charge in [0, 0.05) is 24.7 Å². The quantitative estimate of drug-likeness (QED) is 0.838. The van der Waals surface area contributed by atoms with E-state index in [1.807, 2.05) is 0 Å². The van der Waals surface area contributed by atoms with E-state index in [-0.39, 0.29) is 0 Å².